The molecule has 5 aromatic rings. The standard InChI is InChI=1S/C30H18BrF4N5O5/c31-21-12-17(13-25(40(43)44)27(21)45-16-26(41)37-24-11-4-2-9-22(24)32)15-36-39-28(18-6-5-7-19(14-18)30(33,34)35)38-23-10-3-1-8-20(23)29(39)42/h1-15H,16H2,(H,37,41). The van der Waals surface area contributed by atoms with Gasteiger partial charge < -0.3 is 10.1 Å². The summed E-state index contributed by atoms with van der Waals surface area (Å²) in [5.74, 6) is -1.97. The number of halogens is 5. The lowest BCUT2D eigenvalue weighted by atomic mass is 10.1. The zero-order valence-electron chi connectivity index (χ0n) is 22.6. The molecule has 0 fully saturated rings. The quantitative estimate of drug-likeness (QED) is 0.0830. The highest BCUT2D eigenvalue weighted by atomic mass is 79.9. The van der Waals surface area contributed by atoms with Crippen molar-refractivity contribution in [3.05, 3.63) is 127 Å². The van der Waals surface area contributed by atoms with Crippen molar-refractivity contribution >= 4 is 50.3 Å². The molecule has 0 saturated carbocycles. The maximum atomic E-state index is 13.8. The number of rotatable bonds is 8. The van der Waals surface area contributed by atoms with E-state index in [-0.39, 0.29) is 43.8 Å². The number of ether oxygens (including phenoxy) is 1. The molecule has 0 aliphatic carbocycles. The number of amides is 1. The molecule has 0 aliphatic rings. The van der Waals surface area contributed by atoms with Gasteiger partial charge in [0.25, 0.3) is 11.5 Å². The molecule has 0 radical (unpaired) electrons. The smallest absolute Gasteiger partial charge is 0.416 e. The van der Waals surface area contributed by atoms with Crippen LogP contribution in [-0.2, 0) is 11.0 Å². The molecule has 10 nitrogen and oxygen atoms in total. The van der Waals surface area contributed by atoms with Gasteiger partial charge in [-0.25, -0.2) is 9.37 Å². The van der Waals surface area contributed by atoms with Gasteiger partial charge in [0.05, 0.1) is 37.8 Å². The van der Waals surface area contributed by atoms with Gasteiger partial charge in [-0.2, -0.15) is 22.9 Å². The molecule has 0 unspecified atom stereocenters. The Morgan fingerprint density at radius 1 is 1.07 bits per heavy atom. The zero-order chi connectivity index (χ0) is 32.3. The molecular formula is C30H18BrF4N5O5. The maximum Gasteiger partial charge on any atom is 0.416 e. The van der Waals surface area contributed by atoms with Crippen LogP contribution in [0.1, 0.15) is 11.1 Å². The molecule has 1 amide bonds. The predicted molar refractivity (Wildman–Crippen MR) is 161 cm³/mol. The van der Waals surface area contributed by atoms with Crippen molar-refractivity contribution in [1.82, 2.24) is 9.66 Å². The van der Waals surface area contributed by atoms with E-state index in [2.05, 4.69) is 31.3 Å². The number of hydrogen-bond donors (Lipinski definition) is 1. The number of hydrogen-bond acceptors (Lipinski definition) is 7. The molecule has 4 aromatic carbocycles. The van der Waals surface area contributed by atoms with Crippen LogP contribution in [0.3, 0.4) is 0 Å². The highest BCUT2D eigenvalue weighted by Crippen LogP contribution is 2.36. The summed E-state index contributed by atoms with van der Waals surface area (Å²) in [6, 6.07) is 18.2. The van der Waals surface area contributed by atoms with Crippen LogP contribution < -0.4 is 15.6 Å². The average molecular weight is 684 g/mol. The topological polar surface area (TPSA) is 129 Å². The molecule has 0 saturated heterocycles. The third-order valence-corrected chi connectivity index (χ3v) is 6.85. The first kappa shape index (κ1) is 31.0. The van der Waals surface area contributed by atoms with Gasteiger partial charge in [-0.3, -0.25) is 19.7 Å². The lowest BCUT2D eigenvalue weighted by molar-refractivity contribution is -0.385. The fourth-order valence-corrected chi connectivity index (χ4v) is 4.80. The van der Waals surface area contributed by atoms with Crippen LogP contribution in [0, 0.1) is 15.9 Å². The van der Waals surface area contributed by atoms with E-state index in [1.165, 1.54) is 48.5 Å². The van der Waals surface area contributed by atoms with Crippen molar-refractivity contribution in [3.8, 4) is 17.1 Å². The van der Waals surface area contributed by atoms with E-state index in [1.807, 2.05) is 0 Å². The Kier molecular flexibility index (Phi) is 8.72. The SMILES string of the molecule is O=C(COc1c(Br)cc(C=Nn2c(-c3cccc(C(F)(F)F)c3)nc3ccccc3c2=O)cc1[N+](=O)[O-])Nc1ccccc1F. The highest BCUT2D eigenvalue weighted by Gasteiger charge is 2.31. The van der Waals surface area contributed by atoms with E-state index in [1.54, 1.807) is 12.1 Å². The molecule has 5 rings (SSSR count). The summed E-state index contributed by atoms with van der Waals surface area (Å²) >= 11 is 3.18. The van der Waals surface area contributed by atoms with Gasteiger partial charge in [-0.15, -0.1) is 0 Å². The predicted octanol–water partition coefficient (Wildman–Crippen LogP) is 6.79. The summed E-state index contributed by atoms with van der Waals surface area (Å²) in [5, 5.41) is 18.5. The maximum absolute atomic E-state index is 13.8. The van der Waals surface area contributed by atoms with E-state index >= 15 is 0 Å². The number of carbonyl (C=O) groups excluding carboxylic acids is 1. The lowest BCUT2D eigenvalue weighted by Crippen LogP contribution is -2.21. The first-order valence-electron chi connectivity index (χ1n) is 12.8. The summed E-state index contributed by atoms with van der Waals surface area (Å²) in [6.45, 7) is -0.695. The van der Waals surface area contributed by atoms with Crippen LogP contribution in [0.4, 0.5) is 28.9 Å². The molecule has 0 aliphatic heterocycles. The minimum absolute atomic E-state index is 0.0407. The molecule has 0 spiro atoms. The lowest BCUT2D eigenvalue weighted by Gasteiger charge is -2.12. The number of nitro benzene ring substituents is 1. The molecule has 1 aromatic heterocycles. The number of nitrogens with one attached hydrogen (secondary N) is 1. The number of carbonyl (C=O) groups is 1. The number of fused-ring (bicyclic) bond motifs is 1. The van der Waals surface area contributed by atoms with E-state index in [4.69, 9.17) is 4.74 Å². The van der Waals surface area contributed by atoms with Gasteiger partial charge in [-0.05, 0) is 58.4 Å². The zero-order valence-corrected chi connectivity index (χ0v) is 24.2. The summed E-state index contributed by atoms with van der Waals surface area (Å²) in [6.07, 6.45) is -3.57. The summed E-state index contributed by atoms with van der Waals surface area (Å²) in [5.41, 5.74) is -2.07. The number of alkyl halides is 3. The van der Waals surface area contributed by atoms with Crippen molar-refractivity contribution in [2.24, 2.45) is 5.10 Å². The number of nitro groups is 1. The molecular weight excluding hydrogens is 666 g/mol. The molecule has 15 heteroatoms. The number of para-hydroxylation sites is 2. The second kappa shape index (κ2) is 12.7. The number of nitrogens with zero attached hydrogens (tertiary/aromatic N) is 4. The fraction of sp³-hybridized carbons (Fsp3) is 0.0667. The van der Waals surface area contributed by atoms with E-state index in [0.29, 0.717) is 0 Å². The summed E-state index contributed by atoms with van der Waals surface area (Å²) in [4.78, 5) is 41.2. The van der Waals surface area contributed by atoms with Gasteiger partial charge in [0.1, 0.15) is 5.82 Å². The minimum atomic E-state index is -4.66. The molecule has 0 atom stereocenters. The van der Waals surface area contributed by atoms with Gasteiger partial charge in [-0.1, -0.05) is 36.4 Å². The first-order valence-corrected chi connectivity index (χ1v) is 13.6. The highest BCUT2D eigenvalue weighted by molar-refractivity contribution is 9.10. The van der Waals surface area contributed by atoms with Crippen molar-refractivity contribution in [2.45, 2.75) is 6.18 Å². The van der Waals surface area contributed by atoms with E-state index in [9.17, 15) is 37.3 Å². The summed E-state index contributed by atoms with van der Waals surface area (Å²) in [7, 11) is 0. The van der Waals surface area contributed by atoms with Crippen LogP contribution in [0.5, 0.6) is 5.75 Å². The van der Waals surface area contributed by atoms with Gasteiger partial charge in [0, 0.05) is 17.2 Å². The largest absolute Gasteiger partial charge is 0.476 e. The van der Waals surface area contributed by atoms with Crippen molar-refractivity contribution in [2.75, 3.05) is 11.9 Å². The van der Waals surface area contributed by atoms with E-state index in [0.717, 1.165) is 35.2 Å². The minimum Gasteiger partial charge on any atom is -0.476 e. The third-order valence-electron chi connectivity index (χ3n) is 6.26. The Labute approximate surface area is 258 Å². The van der Waals surface area contributed by atoms with Crippen LogP contribution in [0.25, 0.3) is 22.3 Å². The molecule has 1 heterocycles. The average Bonchev–Trinajstić information content (AvgIpc) is 3.00. The molecule has 228 valence electrons. The second-order valence-corrected chi connectivity index (χ2v) is 10.2. The van der Waals surface area contributed by atoms with Gasteiger partial charge >= 0.3 is 11.9 Å². The number of benzene rings is 4. The van der Waals surface area contributed by atoms with E-state index < -0.39 is 46.2 Å². The Morgan fingerprint density at radius 2 is 1.80 bits per heavy atom. The first-order chi connectivity index (χ1) is 21.4. The molecule has 45 heavy (non-hydrogen) atoms. The summed E-state index contributed by atoms with van der Waals surface area (Å²) < 4.78 is 60.4. The van der Waals surface area contributed by atoms with Crippen LogP contribution in [0.15, 0.2) is 99.3 Å². The third kappa shape index (κ3) is 6.88. The van der Waals surface area contributed by atoms with Crippen molar-refractivity contribution in [3.63, 3.8) is 0 Å². The van der Waals surface area contributed by atoms with Crippen LogP contribution in [0.2, 0.25) is 0 Å². The Morgan fingerprint density at radius 3 is 2.53 bits per heavy atom. The Bertz CT molecular complexity index is 2050. The van der Waals surface area contributed by atoms with Crippen molar-refractivity contribution in [1.29, 1.82) is 0 Å². The normalized spacial score (nSPS) is 11.6. The Hall–Kier alpha value is -5.44. The van der Waals surface area contributed by atoms with Crippen LogP contribution in [-0.4, -0.2) is 33.3 Å². The molecule has 1 N–H and O–H groups in total. The number of aromatic nitrogens is 2. The van der Waals surface area contributed by atoms with Crippen LogP contribution >= 0.6 is 15.9 Å². The van der Waals surface area contributed by atoms with Gasteiger partial charge in [0.15, 0.2) is 12.4 Å². The fourth-order valence-electron chi connectivity index (χ4n) is 4.22. The monoisotopic (exact) mass is 683 g/mol. The second-order valence-electron chi connectivity index (χ2n) is 9.32. The van der Waals surface area contributed by atoms with Crippen molar-refractivity contribution < 1.29 is 32.0 Å². The number of anilines is 1. The Balaban J connectivity index is 1.50. The van der Waals surface area contributed by atoms with Gasteiger partial charge in [0.2, 0.25) is 5.75 Å². The molecule has 0 bridgehead atoms.